The third-order valence-electron chi connectivity index (χ3n) is 6.12. The number of H-pyrrole nitrogens is 2. The zero-order chi connectivity index (χ0) is 22.8. The third kappa shape index (κ3) is 4.34. The van der Waals surface area contributed by atoms with Crippen LogP contribution in [0.15, 0.2) is 53.1 Å². The highest BCUT2D eigenvalue weighted by Gasteiger charge is 2.27. The van der Waals surface area contributed by atoms with E-state index in [4.69, 9.17) is 9.15 Å². The Hall–Kier alpha value is -4.01. The monoisotopic (exact) mass is 447 g/mol. The summed E-state index contributed by atoms with van der Waals surface area (Å²) in [6, 6.07) is 13.0. The van der Waals surface area contributed by atoms with Crippen LogP contribution in [0.25, 0.3) is 10.9 Å². The molecule has 9 nitrogen and oxygen atoms in total. The molecule has 1 aliphatic rings. The Morgan fingerprint density at radius 1 is 1.21 bits per heavy atom. The van der Waals surface area contributed by atoms with Gasteiger partial charge in [0.2, 0.25) is 0 Å². The predicted molar refractivity (Wildman–Crippen MR) is 121 cm³/mol. The number of furan rings is 1. The molecule has 0 atom stereocenters. The molecule has 0 spiro atoms. The van der Waals surface area contributed by atoms with E-state index in [1.165, 1.54) is 0 Å². The SMILES string of the molecule is COc1ccc2cc(C(=O)N3CCC(c4cc(C(=O)NCc5ccco5)n[nH]4)CC3)[nH]c2c1. The lowest BCUT2D eigenvalue weighted by Crippen LogP contribution is -2.38. The topological polar surface area (TPSA) is 116 Å². The lowest BCUT2D eigenvalue weighted by molar-refractivity contribution is 0.0707. The Bertz CT molecular complexity index is 1270. The van der Waals surface area contributed by atoms with Crippen LogP contribution in [-0.4, -0.2) is 52.1 Å². The first-order valence-electron chi connectivity index (χ1n) is 10.9. The Balaban J connectivity index is 1.18. The van der Waals surface area contributed by atoms with Crippen molar-refractivity contribution in [2.45, 2.75) is 25.3 Å². The van der Waals surface area contributed by atoms with E-state index in [0.29, 0.717) is 36.8 Å². The molecule has 0 bridgehead atoms. The number of amides is 2. The summed E-state index contributed by atoms with van der Waals surface area (Å²) in [5.41, 5.74) is 2.73. The normalized spacial score (nSPS) is 14.5. The zero-order valence-corrected chi connectivity index (χ0v) is 18.3. The van der Waals surface area contributed by atoms with Crippen molar-refractivity contribution < 1.29 is 18.7 Å². The highest BCUT2D eigenvalue weighted by Crippen LogP contribution is 2.28. The number of benzene rings is 1. The molecule has 33 heavy (non-hydrogen) atoms. The first-order valence-corrected chi connectivity index (χ1v) is 10.9. The molecule has 5 rings (SSSR count). The summed E-state index contributed by atoms with van der Waals surface area (Å²) in [7, 11) is 1.62. The van der Waals surface area contributed by atoms with Crippen molar-refractivity contribution in [2.24, 2.45) is 0 Å². The van der Waals surface area contributed by atoms with Crippen molar-refractivity contribution in [3.05, 3.63) is 71.6 Å². The van der Waals surface area contributed by atoms with Crippen LogP contribution >= 0.6 is 0 Å². The van der Waals surface area contributed by atoms with Gasteiger partial charge < -0.3 is 24.4 Å². The number of ether oxygens (including phenoxy) is 1. The van der Waals surface area contributed by atoms with Crippen LogP contribution in [0.4, 0.5) is 0 Å². The molecule has 0 radical (unpaired) electrons. The van der Waals surface area contributed by atoms with Gasteiger partial charge in [-0.1, -0.05) is 0 Å². The second-order valence-corrected chi connectivity index (χ2v) is 8.17. The molecule has 170 valence electrons. The van der Waals surface area contributed by atoms with Gasteiger partial charge >= 0.3 is 0 Å². The maximum absolute atomic E-state index is 13.0. The average molecular weight is 447 g/mol. The number of fused-ring (bicyclic) bond motifs is 1. The third-order valence-corrected chi connectivity index (χ3v) is 6.12. The fourth-order valence-electron chi connectivity index (χ4n) is 4.25. The minimum absolute atomic E-state index is 0.00813. The predicted octanol–water partition coefficient (Wildman–Crippen LogP) is 3.44. The Morgan fingerprint density at radius 2 is 2.06 bits per heavy atom. The lowest BCUT2D eigenvalue weighted by atomic mass is 9.93. The molecule has 1 aromatic carbocycles. The van der Waals surface area contributed by atoms with Gasteiger partial charge in [-0.05, 0) is 49.2 Å². The number of aromatic nitrogens is 3. The molecule has 2 amide bonds. The standard InChI is InChI=1S/C24H25N5O4/c1-32-17-5-4-16-11-22(26-19(16)12-17)24(31)29-8-6-15(7-9-29)20-13-21(28-27-20)23(30)25-14-18-3-2-10-33-18/h2-5,10-13,15,26H,6-9,14H2,1H3,(H,25,30)(H,27,28). The molecular weight excluding hydrogens is 422 g/mol. The van der Waals surface area contributed by atoms with E-state index < -0.39 is 0 Å². The molecule has 3 aromatic heterocycles. The van der Waals surface area contributed by atoms with Gasteiger partial charge in [0.1, 0.15) is 22.9 Å². The van der Waals surface area contributed by atoms with Crippen LogP contribution in [0.2, 0.25) is 0 Å². The molecular formula is C24H25N5O4. The van der Waals surface area contributed by atoms with Crippen LogP contribution < -0.4 is 10.1 Å². The number of nitrogens with one attached hydrogen (secondary N) is 3. The number of likely N-dealkylation sites (tertiary alicyclic amines) is 1. The van der Waals surface area contributed by atoms with Gasteiger partial charge in [0.05, 0.1) is 19.9 Å². The van der Waals surface area contributed by atoms with Gasteiger partial charge in [0, 0.05) is 41.7 Å². The van der Waals surface area contributed by atoms with E-state index in [2.05, 4.69) is 20.5 Å². The Kier molecular flexibility index (Phi) is 5.60. The van der Waals surface area contributed by atoms with Gasteiger partial charge in [0.15, 0.2) is 0 Å². The van der Waals surface area contributed by atoms with Crippen molar-refractivity contribution in [1.29, 1.82) is 0 Å². The summed E-state index contributed by atoms with van der Waals surface area (Å²) < 4.78 is 10.5. The lowest BCUT2D eigenvalue weighted by Gasteiger charge is -2.31. The maximum Gasteiger partial charge on any atom is 0.272 e. The summed E-state index contributed by atoms with van der Waals surface area (Å²) >= 11 is 0. The van der Waals surface area contributed by atoms with Crippen molar-refractivity contribution in [3.8, 4) is 5.75 Å². The smallest absolute Gasteiger partial charge is 0.272 e. The number of aromatic amines is 2. The molecule has 0 saturated carbocycles. The van der Waals surface area contributed by atoms with E-state index >= 15 is 0 Å². The van der Waals surface area contributed by atoms with Crippen molar-refractivity contribution in [2.75, 3.05) is 20.2 Å². The quantitative estimate of drug-likeness (QED) is 0.419. The number of hydrogen-bond acceptors (Lipinski definition) is 5. The highest BCUT2D eigenvalue weighted by atomic mass is 16.5. The summed E-state index contributed by atoms with van der Waals surface area (Å²) in [5, 5.41) is 10.9. The number of carbonyl (C=O) groups excluding carboxylic acids is 2. The largest absolute Gasteiger partial charge is 0.497 e. The van der Waals surface area contributed by atoms with E-state index in [1.54, 1.807) is 31.6 Å². The molecule has 4 aromatic rings. The number of methoxy groups -OCH3 is 1. The van der Waals surface area contributed by atoms with Gasteiger partial charge in [0.25, 0.3) is 11.8 Å². The molecule has 0 unspecified atom stereocenters. The van der Waals surface area contributed by atoms with Crippen molar-refractivity contribution in [1.82, 2.24) is 25.4 Å². The van der Waals surface area contributed by atoms with Crippen LogP contribution in [0, 0.1) is 0 Å². The first kappa shape index (κ1) is 20.9. The van der Waals surface area contributed by atoms with Gasteiger partial charge in [-0.25, -0.2) is 0 Å². The van der Waals surface area contributed by atoms with Crippen LogP contribution in [0.5, 0.6) is 5.75 Å². The number of rotatable bonds is 6. The summed E-state index contributed by atoms with van der Waals surface area (Å²) in [5.74, 6) is 1.39. The minimum Gasteiger partial charge on any atom is -0.497 e. The van der Waals surface area contributed by atoms with Crippen LogP contribution in [-0.2, 0) is 6.54 Å². The van der Waals surface area contributed by atoms with E-state index in [-0.39, 0.29) is 17.7 Å². The molecule has 4 heterocycles. The van der Waals surface area contributed by atoms with E-state index in [1.807, 2.05) is 29.2 Å². The van der Waals surface area contributed by atoms with Crippen molar-refractivity contribution in [3.63, 3.8) is 0 Å². The van der Waals surface area contributed by atoms with Crippen LogP contribution in [0.3, 0.4) is 0 Å². The zero-order valence-electron chi connectivity index (χ0n) is 18.3. The summed E-state index contributed by atoms with van der Waals surface area (Å²) in [6.07, 6.45) is 3.17. The summed E-state index contributed by atoms with van der Waals surface area (Å²) in [6.45, 7) is 1.59. The molecule has 1 aliphatic heterocycles. The fraction of sp³-hybridized carbons (Fsp3) is 0.292. The average Bonchev–Trinajstić information content (AvgIpc) is 3.62. The Morgan fingerprint density at radius 3 is 2.82 bits per heavy atom. The van der Waals surface area contributed by atoms with Gasteiger partial charge in [-0.3, -0.25) is 14.7 Å². The van der Waals surface area contributed by atoms with Crippen molar-refractivity contribution >= 4 is 22.7 Å². The summed E-state index contributed by atoms with van der Waals surface area (Å²) in [4.78, 5) is 30.4. The molecule has 1 saturated heterocycles. The fourth-order valence-corrected chi connectivity index (χ4v) is 4.25. The van der Waals surface area contributed by atoms with Crippen LogP contribution in [0.1, 0.15) is 51.2 Å². The second kappa shape index (κ2) is 8.85. The van der Waals surface area contributed by atoms with E-state index in [0.717, 1.165) is 35.2 Å². The Labute approximate surface area is 190 Å². The second-order valence-electron chi connectivity index (χ2n) is 8.17. The number of hydrogen-bond donors (Lipinski definition) is 3. The minimum atomic E-state index is -0.253. The first-order chi connectivity index (χ1) is 16.1. The molecule has 9 heteroatoms. The number of piperidine rings is 1. The van der Waals surface area contributed by atoms with E-state index in [9.17, 15) is 9.59 Å². The molecule has 3 N–H and O–H groups in total. The van der Waals surface area contributed by atoms with Gasteiger partial charge in [-0.15, -0.1) is 0 Å². The molecule has 0 aliphatic carbocycles. The number of nitrogens with zero attached hydrogens (tertiary/aromatic N) is 2. The molecule has 1 fully saturated rings. The maximum atomic E-state index is 13.0. The van der Waals surface area contributed by atoms with Gasteiger partial charge in [-0.2, -0.15) is 5.10 Å². The highest BCUT2D eigenvalue weighted by molar-refractivity contribution is 5.98. The number of carbonyl (C=O) groups is 2.